The van der Waals surface area contributed by atoms with E-state index in [1.807, 2.05) is 6.92 Å². The molecule has 21 heavy (non-hydrogen) atoms. The van der Waals surface area contributed by atoms with Crippen molar-refractivity contribution < 1.29 is 19.1 Å². The monoisotopic (exact) mass is 292 g/mol. The Morgan fingerprint density at radius 1 is 1.43 bits per heavy atom. The summed E-state index contributed by atoms with van der Waals surface area (Å²) in [5.74, 6) is -0.0332. The van der Waals surface area contributed by atoms with E-state index in [1.54, 1.807) is 0 Å². The minimum Gasteiger partial charge on any atom is -0.462 e. The summed E-state index contributed by atoms with van der Waals surface area (Å²) >= 11 is 0. The standard InChI is InChI=1S/C17H24O4/c1-9-5-6-15(20-11(3)18)17(4)8-14-12(7-13(9)17)10(2)16(19)21-14/h10,12,14-15H,5-8H2,1-4H3/t10-,12-,14-,15-,17-/m1/s1. The third kappa shape index (κ3) is 2.19. The highest BCUT2D eigenvalue weighted by atomic mass is 16.6. The Morgan fingerprint density at radius 2 is 2.14 bits per heavy atom. The lowest BCUT2D eigenvalue weighted by Gasteiger charge is -2.49. The Kier molecular flexibility index (Phi) is 3.38. The summed E-state index contributed by atoms with van der Waals surface area (Å²) < 4.78 is 11.2. The molecular formula is C17H24O4. The van der Waals surface area contributed by atoms with Gasteiger partial charge in [0.2, 0.25) is 0 Å². The van der Waals surface area contributed by atoms with Gasteiger partial charge in [-0.15, -0.1) is 0 Å². The number of allylic oxidation sites excluding steroid dienone is 1. The average Bonchev–Trinajstić information content (AvgIpc) is 2.66. The first-order chi connectivity index (χ1) is 9.83. The molecule has 1 saturated carbocycles. The number of hydrogen-bond donors (Lipinski definition) is 0. The van der Waals surface area contributed by atoms with E-state index in [1.165, 1.54) is 18.1 Å². The van der Waals surface area contributed by atoms with Crippen molar-refractivity contribution in [2.24, 2.45) is 17.3 Å². The lowest BCUT2D eigenvalue weighted by Crippen LogP contribution is -2.47. The van der Waals surface area contributed by atoms with Gasteiger partial charge < -0.3 is 9.47 Å². The fourth-order valence-electron chi connectivity index (χ4n) is 4.55. The Morgan fingerprint density at radius 3 is 2.81 bits per heavy atom. The van der Waals surface area contributed by atoms with E-state index >= 15 is 0 Å². The first-order valence-corrected chi connectivity index (χ1v) is 7.89. The van der Waals surface area contributed by atoms with Crippen LogP contribution in [0, 0.1) is 17.3 Å². The molecule has 3 aliphatic rings. The molecule has 4 heteroatoms. The van der Waals surface area contributed by atoms with E-state index in [9.17, 15) is 9.59 Å². The lowest BCUT2D eigenvalue weighted by atomic mass is 9.58. The van der Waals surface area contributed by atoms with Crippen molar-refractivity contribution >= 4 is 11.9 Å². The molecule has 0 amide bonds. The van der Waals surface area contributed by atoms with Gasteiger partial charge in [-0.05, 0) is 32.6 Å². The highest BCUT2D eigenvalue weighted by Gasteiger charge is 2.55. The van der Waals surface area contributed by atoms with Crippen molar-refractivity contribution in [2.75, 3.05) is 0 Å². The van der Waals surface area contributed by atoms with Gasteiger partial charge in [0.15, 0.2) is 0 Å². The van der Waals surface area contributed by atoms with E-state index in [4.69, 9.17) is 9.47 Å². The highest BCUT2D eigenvalue weighted by molar-refractivity contribution is 5.75. The number of carbonyl (C=O) groups is 2. The molecule has 2 aliphatic carbocycles. The number of fused-ring (bicyclic) bond motifs is 2. The molecule has 0 radical (unpaired) electrons. The maximum absolute atomic E-state index is 11.9. The number of carbonyl (C=O) groups excluding carboxylic acids is 2. The average molecular weight is 292 g/mol. The minimum atomic E-state index is -0.223. The second kappa shape index (κ2) is 4.85. The van der Waals surface area contributed by atoms with Crippen LogP contribution in [0.5, 0.6) is 0 Å². The number of hydrogen-bond acceptors (Lipinski definition) is 4. The van der Waals surface area contributed by atoms with Crippen LogP contribution < -0.4 is 0 Å². The molecule has 1 saturated heterocycles. The Labute approximate surface area is 125 Å². The first-order valence-electron chi connectivity index (χ1n) is 7.89. The van der Waals surface area contributed by atoms with E-state index in [-0.39, 0.29) is 41.4 Å². The predicted octanol–water partition coefficient (Wildman–Crippen LogP) is 3.01. The highest BCUT2D eigenvalue weighted by Crippen LogP contribution is 2.55. The predicted molar refractivity (Wildman–Crippen MR) is 77.4 cm³/mol. The summed E-state index contributed by atoms with van der Waals surface area (Å²) in [7, 11) is 0. The maximum Gasteiger partial charge on any atom is 0.309 e. The van der Waals surface area contributed by atoms with Gasteiger partial charge in [-0.2, -0.15) is 0 Å². The molecule has 0 aromatic heterocycles. The zero-order chi connectivity index (χ0) is 15.4. The van der Waals surface area contributed by atoms with Gasteiger partial charge in [0.1, 0.15) is 12.2 Å². The number of rotatable bonds is 1. The summed E-state index contributed by atoms with van der Waals surface area (Å²) in [6, 6.07) is 0. The number of ether oxygens (including phenoxy) is 2. The Hall–Kier alpha value is -1.32. The van der Waals surface area contributed by atoms with E-state index in [0.29, 0.717) is 0 Å². The van der Waals surface area contributed by atoms with Crippen LogP contribution in [0.2, 0.25) is 0 Å². The summed E-state index contributed by atoms with van der Waals surface area (Å²) in [5.41, 5.74) is 2.62. The van der Waals surface area contributed by atoms with E-state index in [2.05, 4.69) is 13.8 Å². The Balaban J connectivity index is 1.95. The fourth-order valence-corrected chi connectivity index (χ4v) is 4.55. The van der Waals surface area contributed by atoms with Crippen molar-refractivity contribution in [1.29, 1.82) is 0 Å². The first kappa shape index (κ1) is 14.6. The van der Waals surface area contributed by atoms with Crippen molar-refractivity contribution in [2.45, 2.75) is 65.6 Å². The van der Waals surface area contributed by atoms with Gasteiger partial charge in [0.25, 0.3) is 0 Å². The van der Waals surface area contributed by atoms with Crippen LogP contribution in [0.1, 0.15) is 53.4 Å². The van der Waals surface area contributed by atoms with Crippen LogP contribution in [-0.4, -0.2) is 24.1 Å². The largest absolute Gasteiger partial charge is 0.462 e. The van der Waals surface area contributed by atoms with Crippen LogP contribution in [-0.2, 0) is 19.1 Å². The molecular weight excluding hydrogens is 268 g/mol. The zero-order valence-corrected chi connectivity index (χ0v) is 13.3. The second-order valence-electron chi connectivity index (χ2n) is 7.15. The van der Waals surface area contributed by atoms with Crippen LogP contribution in [0.4, 0.5) is 0 Å². The third-order valence-corrected chi connectivity index (χ3v) is 5.83. The van der Waals surface area contributed by atoms with Gasteiger partial charge in [0.05, 0.1) is 5.92 Å². The maximum atomic E-state index is 11.9. The van der Waals surface area contributed by atoms with Gasteiger partial charge in [0, 0.05) is 18.3 Å². The van der Waals surface area contributed by atoms with Crippen LogP contribution in [0.15, 0.2) is 11.1 Å². The van der Waals surface area contributed by atoms with Crippen molar-refractivity contribution in [3.8, 4) is 0 Å². The van der Waals surface area contributed by atoms with Gasteiger partial charge in [-0.3, -0.25) is 9.59 Å². The molecule has 0 spiro atoms. The second-order valence-corrected chi connectivity index (χ2v) is 7.15. The molecule has 4 nitrogen and oxygen atoms in total. The summed E-state index contributed by atoms with van der Waals surface area (Å²) in [6.45, 7) is 7.79. The lowest BCUT2D eigenvalue weighted by molar-refractivity contribution is -0.157. The van der Waals surface area contributed by atoms with Gasteiger partial charge in [-0.25, -0.2) is 0 Å². The Bertz CT molecular complexity index is 521. The van der Waals surface area contributed by atoms with Gasteiger partial charge in [-0.1, -0.05) is 25.0 Å². The molecule has 0 aromatic rings. The molecule has 0 unspecified atom stereocenters. The number of esters is 2. The molecule has 1 heterocycles. The molecule has 5 atom stereocenters. The normalized spacial score (nSPS) is 42.2. The molecule has 3 rings (SSSR count). The van der Waals surface area contributed by atoms with E-state index < -0.39 is 0 Å². The SMILES string of the molecule is CC(=O)O[C@@H]1CCC(C)=C2C[C@H]3[C@@H](C[C@]21C)OC(=O)[C@@H]3C. The van der Waals surface area contributed by atoms with Crippen LogP contribution >= 0.6 is 0 Å². The van der Waals surface area contributed by atoms with Crippen LogP contribution in [0.3, 0.4) is 0 Å². The van der Waals surface area contributed by atoms with Crippen molar-refractivity contribution in [1.82, 2.24) is 0 Å². The molecule has 0 aromatic carbocycles. The molecule has 0 N–H and O–H groups in total. The van der Waals surface area contributed by atoms with Crippen molar-refractivity contribution in [3.63, 3.8) is 0 Å². The molecule has 0 bridgehead atoms. The summed E-state index contributed by atoms with van der Waals surface area (Å²) in [4.78, 5) is 23.3. The molecule has 116 valence electrons. The van der Waals surface area contributed by atoms with Crippen molar-refractivity contribution in [3.05, 3.63) is 11.1 Å². The van der Waals surface area contributed by atoms with Crippen LogP contribution in [0.25, 0.3) is 0 Å². The third-order valence-electron chi connectivity index (χ3n) is 5.83. The fraction of sp³-hybridized carbons (Fsp3) is 0.765. The topological polar surface area (TPSA) is 52.6 Å². The molecule has 2 fully saturated rings. The molecule has 1 aliphatic heterocycles. The minimum absolute atomic E-state index is 0.0195. The smallest absolute Gasteiger partial charge is 0.309 e. The summed E-state index contributed by atoms with van der Waals surface area (Å²) in [5, 5.41) is 0. The quantitative estimate of drug-likeness (QED) is 0.550. The van der Waals surface area contributed by atoms with Gasteiger partial charge >= 0.3 is 11.9 Å². The van der Waals surface area contributed by atoms with E-state index in [0.717, 1.165) is 25.7 Å². The summed E-state index contributed by atoms with van der Waals surface area (Å²) in [6.07, 6.45) is 3.40. The zero-order valence-electron chi connectivity index (χ0n) is 13.3.